The van der Waals surface area contributed by atoms with Crippen LogP contribution < -0.4 is 0 Å². The number of imidazole rings is 1. The van der Waals surface area contributed by atoms with Crippen molar-refractivity contribution >= 4 is 20.1 Å². The lowest BCUT2D eigenvalue weighted by Gasteiger charge is -2.20. The Hall–Kier alpha value is -1.20. The molecule has 18 heavy (non-hydrogen) atoms. The maximum atomic E-state index is 5.83. The highest BCUT2D eigenvalue weighted by Gasteiger charge is 2.23. The monoisotopic (exact) mass is 262 g/mol. The molecular formula is C13H20N3OSi. The summed E-state index contributed by atoms with van der Waals surface area (Å²) in [4.78, 5) is 8.83. The van der Waals surface area contributed by atoms with Gasteiger partial charge in [0.25, 0.3) is 0 Å². The summed E-state index contributed by atoms with van der Waals surface area (Å²) in [5.41, 5.74) is 2.03. The van der Waals surface area contributed by atoms with E-state index in [9.17, 15) is 0 Å². The Bertz CT molecular complexity index is 543. The normalized spacial score (nSPS) is 12.6. The molecule has 4 nitrogen and oxygen atoms in total. The van der Waals surface area contributed by atoms with E-state index in [1.54, 1.807) is 6.20 Å². The van der Waals surface area contributed by atoms with E-state index in [2.05, 4.69) is 43.4 Å². The van der Waals surface area contributed by atoms with Crippen LogP contribution in [0.5, 0.6) is 0 Å². The zero-order valence-electron chi connectivity index (χ0n) is 11.7. The molecule has 2 aromatic rings. The van der Waals surface area contributed by atoms with Gasteiger partial charge < -0.3 is 8.99 Å². The lowest BCUT2D eigenvalue weighted by atomic mass is 9.96. The molecule has 0 aliphatic carbocycles. The fourth-order valence-corrected chi connectivity index (χ4v) is 2.27. The molecule has 0 aliphatic heterocycles. The molecule has 0 aliphatic rings. The van der Waals surface area contributed by atoms with E-state index in [0.717, 1.165) is 16.9 Å². The van der Waals surface area contributed by atoms with Crippen LogP contribution in [-0.2, 0) is 16.6 Å². The van der Waals surface area contributed by atoms with E-state index in [1.165, 1.54) is 0 Å². The van der Waals surface area contributed by atoms with Gasteiger partial charge in [0.2, 0.25) is 9.04 Å². The van der Waals surface area contributed by atoms with Gasteiger partial charge in [-0.2, -0.15) is 0 Å². The lowest BCUT2D eigenvalue weighted by molar-refractivity contribution is 0.235. The molecule has 2 heterocycles. The van der Waals surface area contributed by atoms with Gasteiger partial charge >= 0.3 is 0 Å². The van der Waals surface area contributed by atoms with Crippen LogP contribution >= 0.6 is 0 Å². The molecule has 2 aromatic heterocycles. The molecule has 0 amide bonds. The quantitative estimate of drug-likeness (QED) is 0.798. The van der Waals surface area contributed by atoms with Crippen LogP contribution in [-0.4, -0.2) is 23.6 Å². The van der Waals surface area contributed by atoms with Gasteiger partial charge in [0, 0.05) is 11.6 Å². The van der Waals surface area contributed by atoms with Crippen molar-refractivity contribution in [2.75, 3.05) is 0 Å². The second-order valence-electron chi connectivity index (χ2n) is 5.66. The van der Waals surface area contributed by atoms with Crippen molar-refractivity contribution in [3.63, 3.8) is 0 Å². The van der Waals surface area contributed by atoms with Gasteiger partial charge in [-0.15, -0.1) is 0 Å². The van der Waals surface area contributed by atoms with E-state index in [4.69, 9.17) is 9.41 Å². The van der Waals surface area contributed by atoms with Gasteiger partial charge in [-0.25, -0.2) is 4.98 Å². The van der Waals surface area contributed by atoms with Gasteiger partial charge in [0.05, 0.1) is 11.7 Å². The number of pyridine rings is 1. The van der Waals surface area contributed by atoms with Gasteiger partial charge in [-0.1, -0.05) is 20.8 Å². The Balaban J connectivity index is 2.51. The van der Waals surface area contributed by atoms with Crippen molar-refractivity contribution in [2.24, 2.45) is 0 Å². The van der Waals surface area contributed by atoms with Crippen molar-refractivity contribution < 1.29 is 4.43 Å². The van der Waals surface area contributed by atoms with Crippen molar-refractivity contribution in [3.05, 3.63) is 24.3 Å². The van der Waals surface area contributed by atoms with Gasteiger partial charge in [0.1, 0.15) is 18.1 Å². The molecule has 1 radical (unpaired) electrons. The zero-order chi connectivity index (χ0) is 13.3. The number of fused-ring (bicyclic) bond motifs is 1. The Kier molecular flexibility index (Phi) is 3.54. The largest absolute Gasteiger partial charge is 0.400 e. The molecule has 97 valence electrons. The Morgan fingerprint density at radius 3 is 2.67 bits per heavy atom. The smallest absolute Gasteiger partial charge is 0.207 e. The van der Waals surface area contributed by atoms with E-state index in [-0.39, 0.29) is 5.41 Å². The van der Waals surface area contributed by atoms with Crippen molar-refractivity contribution in [3.8, 4) is 0 Å². The zero-order valence-corrected chi connectivity index (χ0v) is 12.7. The van der Waals surface area contributed by atoms with Crippen LogP contribution in [0.2, 0.25) is 13.1 Å². The Morgan fingerprint density at radius 1 is 1.33 bits per heavy atom. The Morgan fingerprint density at radius 2 is 2.06 bits per heavy atom. The summed E-state index contributed by atoms with van der Waals surface area (Å²) in [5, 5.41) is 0. The first-order valence-corrected chi connectivity index (χ1v) is 8.54. The fraction of sp³-hybridized carbons (Fsp3) is 0.538. The molecule has 0 N–H and O–H groups in total. The van der Waals surface area contributed by atoms with E-state index in [1.807, 2.05) is 12.3 Å². The van der Waals surface area contributed by atoms with Crippen molar-refractivity contribution in [1.29, 1.82) is 0 Å². The summed E-state index contributed by atoms with van der Waals surface area (Å²) >= 11 is 0. The summed E-state index contributed by atoms with van der Waals surface area (Å²) in [5.74, 6) is 1.05. The SMILES string of the molecule is C[Si](C)OCn1c(C(C)(C)C)nc2cnccc21. The topological polar surface area (TPSA) is 39.9 Å². The standard InChI is InChI=1S/C13H20N3OSi/c1-13(2,3)12-15-10-8-14-7-6-11(10)16(12)9-17-18(4)5/h6-8H,9H2,1-5H3. The second kappa shape index (κ2) is 4.82. The van der Waals surface area contributed by atoms with E-state index in [0.29, 0.717) is 6.73 Å². The third-order valence-electron chi connectivity index (χ3n) is 2.70. The lowest BCUT2D eigenvalue weighted by Crippen LogP contribution is -2.21. The molecule has 0 fully saturated rings. The number of hydrogen-bond acceptors (Lipinski definition) is 3. The number of rotatable bonds is 3. The maximum absolute atomic E-state index is 5.83. The fourth-order valence-electron chi connectivity index (χ4n) is 1.88. The molecule has 0 bridgehead atoms. The Labute approximate surface area is 110 Å². The first-order valence-electron chi connectivity index (χ1n) is 6.13. The minimum Gasteiger partial charge on any atom is -0.400 e. The van der Waals surface area contributed by atoms with Crippen LogP contribution in [0.15, 0.2) is 18.5 Å². The van der Waals surface area contributed by atoms with E-state index >= 15 is 0 Å². The summed E-state index contributed by atoms with van der Waals surface area (Å²) in [6, 6.07) is 2.00. The summed E-state index contributed by atoms with van der Waals surface area (Å²) in [6.45, 7) is 11.4. The maximum Gasteiger partial charge on any atom is 0.207 e. The average molecular weight is 262 g/mol. The average Bonchev–Trinajstić information content (AvgIpc) is 2.64. The molecule has 0 spiro atoms. The highest BCUT2D eigenvalue weighted by Crippen LogP contribution is 2.25. The third-order valence-corrected chi connectivity index (χ3v) is 3.41. The van der Waals surface area contributed by atoms with Gasteiger partial charge in [-0.3, -0.25) is 4.98 Å². The van der Waals surface area contributed by atoms with Crippen molar-refractivity contribution in [1.82, 2.24) is 14.5 Å². The third kappa shape index (κ3) is 2.62. The van der Waals surface area contributed by atoms with Gasteiger partial charge in [-0.05, 0) is 19.2 Å². The molecule has 2 rings (SSSR count). The summed E-state index contributed by atoms with van der Waals surface area (Å²) < 4.78 is 8.00. The molecule has 0 unspecified atom stereocenters. The minimum absolute atomic E-state index is 0.00321. The van der Waals surface area contributed by atoms with Crippen LogP contribution in [0.4, 0.5) is 0 Å². The summed E-state index contributed by atoms with van der Waals surface area (Å²) in [6.07, 6.45) is 3.61. The number of nitrogens with zero attached hydrogens (tertiary/aromatic N) is 3. The highest BCUT2D eigenvalue weighted by molar-refractivity contribution is 6.48. The molecule has 0 saturated heterocycles. The summed E-state index contributed by atoms with van der Waals surface area (Å²) in [7, 11) is -0.704. The minimum atomic E-state index is -0.704. The van der Waals surface area contributed by atoms with Crippen LogP contribution in [0.3, 0.4) is 0 Å². The molecular weight excluding hydrogens is 242 g/mol. The second-order valence-corrected chi connectivity index (χ2v) is 7.76. The van der Waals surface area contributed by atoms with Crippen molar-refractivity contribution in [2.45, 2.75) is 46.0 Å². The van der Waals surface area contributed by atoms with Crippen LogP contribution in [0.25, 0.3) is 11.0 Å². The number of aromatic nitrogens is 3. The van der Waals surface area contributed by atoms with Gasteiger partial charge in [0.15, 0.2) is 0 Å². The van der Waals surface area contributed by atoms with Crippen LogP contribution in [0, 0.1) is 0 Å². The molecule has 5 heteroatoms. The predicted octanol–water partition coefficient (Wildman–Crippen LogP) is 2.95. The molecule has 0 aromatic carbocycles. The molecule has 0 atom stereocenters. The highest BCUT2D eigenvalue weighted by atomic mass is 28.3. The predicted molar refractivity (Wildman–Crippen MR) is 74.8 cm³/mol. The first kappa shape index (κ1) is 13.2. The van der Waals surface area contributed by atoms with E-state index < -0.39 is 9.04 Å². The van der Waals surface area contributed by atoms with Crippen LogP contribution in [0.1, 0.15) is 26.6 Å². The number of hydrogen-bond donors (Lipinski definition) is 0. The molecule has 0 saturated carbocycles. The first-order chi connectivity index (χ1) is 8.39.